The molecule has 156 valence electrons. The number of para-hydroxylation sites is 1. The van der Waals surface area contributed by atoms with Gasteiger partial charge in [-0.2, -0.15) is 0 Å². The Kier molecular flexibility index (Phi) is 6.79. The number of amides is 1. The maximum atomic E-state index is 14.4. The number of carbonyl (C=O) groups is 1. The average Bonchev–Trinajstić information content (AvgIpc) is 2.75. The number of nitrogens with one attached hydrogen (secondary N) is 1. The second-order valence-electron chi connectivity index (χ2n) is 6.50. The van der Waals surface area contributed by atoms with Gasteiger partial charge in [0, 0.05) is 6.54 Å². The summed E-state index contributed by atoms with van der Waals surface area (Å²) in [6, 6.07) is 18.8. The molecule has 0 aliphatic rings. The van der Waals surface area contributed by atoms with Gasteiger partial charge in [0.1, 0.15) is 18.2 Å². The van der Waals surface area contributed by atoms with Crippen molar-refractivity contribution in [1.29, 1.82) is 0 Å². The first-order chi connectivity index (χ1) is 14.4. The summed E-state index contributed by atoms with van der Waals surface area (Å²) in [5.74, 6) is -1.69. The maximum Gasteiger partial charge on any atom is 0.264 e. The second-order valence-corrected chi connectivity index (χ2v) is 8.36. The van der Waals surface area contributed by atoms with E-state index in [4.69, 9.17) is 0 Å². The van der Waals surface area contributed by atoms with Crippen molar-refractivity contribution in [1.82, 2.24) is 5.32 Å². The normalized spacial score (nSPS) is 11.1. The van der Waals surface area contributed by atoms with Gasteiger partial charge < -0.3 is 5.32 Å². The van der Waals surface area contributed by atoms with E-state index in [0.29, 0.717) is 6.42 Å². The number of halogens is 2. The van der Waals surface area contributed by atoms with Gasteiger partial charge in [-0.1, -0.05) is 42.5 Å². The van der Waals surface area contributed by atoms with Crippen LogP contribution in [0.25, 0.3) is 0 Å². The van der Waals surface area contributed by atoms with Crippen molar-refractivity contribution in [3.63, 3.8) is 0 Å². The smallest absolute Gasteiger partial charge is 0.264 e. The summed E-state index contributed by atoms with van der Waals surface area (Å²) in [5, 5.41) is 2.63. The predicted octanol–water partition coefficient (Wildman–Crippen LogP) is 3.52. The third-order valence-corrected chi connectivity index (χ3v) is 6.16. The van der Waals surface area contributed by atoms with Crippen molar-refractivity contribution in [3.8, 4) is 0 Å². The highest BCUT2D eigenvalue weighted by atomic mass is 32.2. The lowest BCUT2D eigenvalue weighted by Crippen LogP contribution is -2.41. The van der Waals surface area contributed by atoms with Crippen molar-refractivity contribution in [2.24, 2.45) is 0 Å². The van der Waals surface area contributed by atoms with Crippen molar-refractivity contribution >= 4 is 21.6 Å². The fourth-order valence-corrected chi connectivity index (χ4v) is 4.31. The summed E-state index contributed by atoms with van der Waals surface area (Å²) in [6.45, 7) is -0.359. The number of hydrogen-bond acceptors (Lipinski definition) is 3. The largest absolute Gasteiger partial charge is 0.354 e. The minimum atomic E-state index is -4.16. The number of nitrogens with zero attached hydrogens (tertiary/aromatic N) is 1. The van der Waals surface area contributed by atoms with Crippen LogP contribution in [0.4, 0.5) is 14.5 Å². The number of hydrogen-bond donors (Lipinski definition) is 1. The van der Waals surface area contributed by atoms with Gasteiger partial charge >= 0.3 is 0 Å². The molecule has 0 bridgehead atoms. The molecule has 0 aliphatic heterocycles. The Morgan fingerprint density at radius 3 is 2.17 bits per heavy atom. The lowest BCUT2D eigenvalue weighted by molar-refractivity contribution is -0.119. The zero-order chi connectivity index (χ0) is 21.6. The van der Waals surface area contributed by atoms with E-state index in [-0.39, 0.29) is 22.9 Å². The Morgan fingerprint density at radius 1 is 0.867 bits per heavy atom. The van der Waals surface area contributed by atoms with E-state index in [1.54, 1.807) is 30.3 Å². The third-order valence-electron chi connectivity index (χ3n) is 4.39. The van der Waals surface area contributed by atoms with Crippen LogP contribution in [0.2, 0.25) is 0 Å². The predicted molar refractivity (Wildman–Crippen MR) is 110 cm³/mol. The molecule has 0 spiro atoms. The zero-order valence-electron chi connectivity index (χ0n) is 16.0. The summed E-state index contributed by atoms with van der Waals surface area (Å²) in [5.41, 5.74) is 0.606. The number of anilines is 1. The summed E-state index contributed by atoms with van der Waals surface area (Å²) < 4.78 is 54.3. The summed E-state index contributed by atoms with van der Waals surface area (Å²) in [6.07, 6.45) is 0.442. The Labute approximate surface area is 174 Å². The van der Waals surface area contributed by atoms with Gasteiger partial charge in [0.2, 0.25) is 5.91 Å². The van der Waals surface area contributed by atoms with E-state index in [9.17, 15) is 22.0 Å². The van der Waals surface area contributed by atoms with Crippen molar-refractivity contribution < 1.29 is 22.0 Å². The van der Waals surface area contributed by atoms with Crippen LogP contribution >= 0.6 is 0 Å². The first kappa shape index (κ1) is 21.4. The van der Waals surface area contributed by atoms with Crippen LogP contribution in [-0.4, -0.2) is 27.4 Å². The van der Waals surface area contributed by atoms with Crippen LogP contribution in [0.3, 0.4) is 0 Å². The molecule has 0 aromatic heterocycles. The van der Waals surface area contributed by atoms with Crippen molar-refractivity contribution in [2.45, 2.75) is 11.3 Å². The molecule has 8 heteroatoms. The fraction of sp³-hybridized carbons (Fsp3) is 0.136. The van der Waals surface area contributed by atoms with Gasteiger partial charge in [-0.3, -0.25) is 9.10 Å². The first-order valence-electron chi connectivity index (χ1n) is 9.21. The van der Waals surface area contributed by atoms with E-state index in [1.807, 2.05) is 0 Å². The highest BCUT2D eigenvalue weighted by Gasteiger charge is 2.28. The summed E-state index contributed by atoms with van der Waals surface area (Å²) >= 11 is 0. The molecular formula is C22H20F2N2O3S. The molecule has 0 fully saturated rings. The fourth-order valence-electron chi connectivity index (χ4n) is 2.86. The monoisotopic (exact) mass is 430 g/mol. The highest BCUT2D eigenvalue weighted by Crippen LogP contribution is 2.25. The lowest BCUT2D eigenvalue weighted by atomic mass is 10.1. The Balaban J connectivity index is 1.76. The standard InChI is InChI=1S/C22H20F2N2O3S/c23-18-12-10-17(11-13-18)14-15-25-22(27)16-26(21-9-5-4-8-20(21)24)30(28,29)19-6-2-1-3-7-19/h1-13H,14-16H2,(H,25,27). The summed E-state index contributed by atoms with van der Waals surface area (Å²) in [4.78, 5) is 12.4. The van der Waals surface area contributed by atoms with Crippen LogP contribution in [0.1, 0.15) is 5.56 Å². The molecule has 3 aromatic rings. The molecule has 0 heterocycles. The molecule has 3 aromatic carbocycles. The molecule has 0 radical (unpaired) electrons. The average molecular weight is 430 g/mol. The quantitative estimate of drug-likeness (QED) is 0.595. The molecule has 0 aliphatic carbocycles. The topological polar surface area (TPSA) is 66.5 Å². The summed E-state index contributed by atoms with van der Waals surface area (Å²) in [7, 11) is -4.16. The van der Waals surface area contributed by atoms with Crippen LogP contribution < -0.4 is 9.62 Å². The molecule has 0 saturated carbocycles. The lowest BCUT2D eigenvalue weighted by Gasteiger charge is -2.24. The number of rotatable bonds is 8. The Hall–Kier alpha value is -3.26. The third kappa shape index (κ3) is 5.21. The van der Waals surface area contributed by atoms with E-state index in [0.717, 1.165) is 15.9 Å². The molecule has 30 heavy (non-hydrogen) atoms. The molecule has 5 nitrogen and oxygen atoms in total. The molecule has 1 N–H and O–H groups in total. The van der Waals surface area contributed by atoms with Gasteiger partial charge in [-0.05, 0) is 48.4 Å². The Morgan fingerprint density at radius 2 is 1.50 bits per heavy atom. The number of benzene rings is 3. The molecular weight excluding hydrogens is 410 g/mol. The maximum absolute atomic E-state index is 14.4. The number of carbonyl (C=O) groups excluding carboxylic acids is 1. The van der Waals surface area contributed by atoms with Crippen molar-refractivity contribution in [3.05, 3.63) is 96.1 Å². The SMILES string of the molecule is O=C(CN(c1ccccc1F)S(=O)(=O)c1ccccc1)NCCc1ccc(F)cc1. The highest BCUT2D eigenvalue weighted by molar-refractivity contribution is 7.92. The molecule has 3 rings (SSSR count). The van der Waals surface area contributed by atoms with Gasteiger partial charge in [0.25, 0.3) is 10.0 Å². The van der Waals surface area contributed by atoms with Crippen LogP contribution in [-0.2, 0) is 21.2 Å². The minimum Gasteiger partial charge on any atom is -0.354 e. The number of sulfonamides is 1. The van der Waals surface area contributed by atoms with Crippen LogP contribution in [0.5, 0.6) is 0 Å². The molecule has 0 unspecified atom stereocenters. The minimum absolute atomic E-state index is 0.0487. The van der Waals surface area contributed by atoms with Gasteiger partial charge in [0.15, 0.2) is 0 Å². The van der Waals surface area contributed by atoms with E-state index in [2.05, 4.69) is 5.32 Å². The van der Waals surface area contributed by atoms with Gasteiger partial charge in [-0.15, -0.1) is 0 Å². The second kappa shape index (κ2) is 9.49. The molecule has 1 amide bonds. The molecule has 0 atom stereocenters. The van der Waals surface area contributed by atoms with Gasteiger partial charge in [-0.25, -0.2) is 17.2 Å². The Bertz CT molecular complexity index is 1100. The van der Waals surface area contributed by atoms with E-state index < -0.39 is 28.3 Å². The van der Waals surface area contributed by atoms with E-state index in [1.165, 1.54) is 42.5 Å². The molecule has 0 saturated heterocycles. The first-order valence-corrected chi connectivity index (χ1v) is 10.7. The van der Waals surface area contributed by atoms with Crippen LogP contribution in [0.15, 0.2) is 83.8 Å². The van der Waals surface area contributed by atoms with Crippen molar-refractivity contribution in [2.75, 3.05) is 17.4 Å². The van der Waals surface area contributed by atoms with E-state index >= 15 is 0 Å². The van der Waals surface area contributed by atoms with Crippen LogP contribution in [0, 0.1) is 11.6 Å². The zero-order valence-corrected chi connectivity index (χ0v) is 16.8. The van der Waals surface area contributed by atoms with Gasteiger partial charge in [0.05, 0.1) is 10.6 Å².